The van der Waals surface area contributed by atoms with Crippen LogP contribution >= 0.6 is 0 Å². The lowest BCUT2D eigenvalue weighted by Gasteiger charge is -2.11. The highest BCUT2D eigenvalue weighted by Crippen LogP contribution is 2.32. The van der Waals surface area contributed by atoms with Crippen molar-refractivity contribution >= 4 is 11.5 Å². The number of halogens is 3. The van der Waals surface area contributed by atoms with Crippen LogP contribution in [0.2, 0.25) is 0 Å². The van der Waals surface area contributed by atoms with E-state index in [4.69, 9.17) is 5.73 Å². The minimum atomic E-state index is -4.41. The van der Waals surface area contributed by atoms with E-state index in [1.165, 1.54) is 24.4 Å². The molecule has 2 N–H and O–H groups in total. The molecule has 1 aromatic heterocycles. The molecule has 0 aliphatic carbocycles. The number of nitrogens with zero attached hydrogens (tertiary/aromatic N) is 1. The van der Waals surface area contributed by atoms with Gasteiger partial charge in [-0.25, -0.2) is 0 Å². The number of hydrogen-bond donors (Lipinski definition) is 1. The van der Waals surface area contributed by atoms with Crippen molar-refractivity contribution in [2.24, 2.45) is 5.92 Å². The van der Waals surface area contributed by atoms with E-state index in [1.54, 1.807) is 13.8 Å². The van der Waals surface area contributed by atoms with Crippen molar-refractivity contribution in [1.82, 2.24) is 4.98 Å². The Labute approximate surface area is 126 Å². The molecule has 0 spiro atoms. The number of aromatic nitrogens is 1. The Bertz CT molecular complexity index is 709. The normalized spacial score (nSPS) is 11.7. The molecule has 0 fully saturated rings. The van der Waals surface area contributed by atoms with Crippen LogP contribution in [0.25, 0.3) is 11.1 Å². The molecule has 0 bridgehead atoms. The average Bonchev–Trinajstić information content (AvgIpc) is 2.45. The van der Waals surface area contributed by atoms with Crippen molar-refractivity contribution in [3.63, 3.8) is 0 Å². The van der Waals surface area contributed by atoms with Gasteiger partial charge in [0.25, 0.3) is 0 Å². The zero-order valence-electron chi connectivity index (χ0n) is 12.1. The van der Waals surface area contributed by atoms with Gasteiger partial charge < -0.3 is 5.73 Å². The zero-order valence-corrected chi connectivity index (χ0v) is 12.1. The number of nitrogen functional groups attached to an aromatic ring is 1. The van der Waals surface area contributed by atoms with Gasteiger partial charge in [0.05, 0.1) is 11.3 Å². The number of benzene rings is 1. The van der Waals surface area contributed by atoms with Crippen molar-refractivity contribution in [2.75, 3.05) is 5.73 Å². The van der Waals surface area contributed by atoms with Crippen LogP contribution in [0.3, 0.4) is 0 Å². The summed E-state index contributed by atoms with van der Waals surface area (Å²) in [5, 5.41) is 0. The van der Waals surface area contributed by atoms with E-state index in [0.717, 1.165) is 12.1 Å². The van der Waals surface area contributed by atoms with Gasteiger partial charge in [0.1, 0.15) is 5.69 Å². The van der Waals surface area contributed by atoms with Crippen LogP contribution in [-0.2, 0) is 6.18 Å². The largest absolute Gasteiger partial charge is 0.416 e. The van der Waals surface area contributed by atoms with E-state index >= 15 is 0 Å². The summed E-state index contributed by atoms with van der Waals surface area (Å²) in [5.74, 6) is -0.456. The van der Waals surface area contributed by atoms with Crippen LogP contribution in [-0.4, -0.2) is 10.8 Å². The number of rotatable bonds is 3. The van der Waals surface area contributed by atoms with Gasteiger partial charge in [-0.3, -0.25) is 9.78 Å². The standard InChI is InChI=1S/C16H15F3N2O/c1-9(2)15(22)14-13(20)7-11(8-21-14)10-4-3-5-12(6-10)16(17,18)19/h3-9H,20H2,1-2H3. The molecule has 0 radical (unpaired) electrons. The van der Waals surface area contributed by atoms with Gasteiger partial charge in [0.15, 0.2) is 5.78 Å². The molecule has 1 heterocycles. The van der Waals surface area contributed by atoms with Gasteiger partial charge >= 0.3 is 6.18 Å². The van der Waals surface area contributed by atoms with E-state index < -0.39 is 11.7 Å². The molecular weight excluding hydrogens is 293 g/mol. The van der Waals surface area contributed by atoms with Crippen molar-refractivity contribution in [3.05, 3.63) is 47.8 Å². The first-order valence-corrected chi connectivity index (χ1v) is 6.67. The SMILES string of the molecule is CC(C)C(=O)c1ncc(-c2cccc(C(F)(F)F)c2)cc1N. The Morgan fingerprint density at radius 3 is 2.41 bits per heavy atom. The number of pyridine rings is 1. The van der Waals surface area contributed by atoms with Crippen LogP contribution in [0.4, 0.5) is 18.9 Å². The third-order valence-electron chi connectivity index (χ3n) is 3.20. The molecule has 0 amide bonds. The first-order chi connectivity index (χ1) is 10.2. The number of carbonyl (C=O) groups is 1. The number of ketones is 1. The highest BCUT2D eigenvalue weighted by atomic mass is 19.4. The summed E-state index contributed by atoms with van der Waals surface area (Å²) in [5.41, 5.74) is 6.16. The first kappa shape index (κ1) is 16.0. The Kier molecular flexibility index (Phi) is 4.21. The number of nitrogens with two attached hydrogens (primary N) is 1. The maximum absolute atomic E-state index is 12.7. The van der Waals surface area contributed by atoms with Crippen molar-refractivity contribution < 1.29 is 18.0 Å². The lowest BCUT2D eigenvalue weighted by Crippen LogP contribution is -2.12. The van der Waals surface area contributed by atoms with Crippen molar-refractivity contribution in [1.29, 1.82) is 0 Å². The minimum Gasteiger partial charge on any atom is -0.397 e. The second-order valence-electron chi connectivity index (χ2n) is 5.26. The lowest BCUT2D eigenvalue weighted by atomic mass is 10.0. The average molecular weight is 308 g/mol. The molecule has 0 aliphatic rings. The minimum absolute atomic E-state index is 0.144. The van der Waals surface area contributed by atoms with Crippen LogP contribution < -0.4 is 5.73 Å². The summed E-state index contributed by atoms with van der Waals surface area (Å²) in [6.07, 6.45) is -3.05. The van der Waals surface area contributed by atoms with Crippen LogP contribution in [0.1, 0.15) is 29.9 Å². The Morgan fingerprint density at radius 2 is 1.86 bits per heavy atom. The number of Topliss-reactive ketones (excluding diaryl/α,β-unsaturated/α-hetero) is 1. The number of anilines is 1. The molecule has 3 nitrogen and oxygen atoms in total. The van der Waals surface area contributed by atoms with Crippen LogP contribution in [0, 0.1) is 5.92 Å². The second-order valence-corrected chi connectivity index (χ2v) is 5.26. The summed E-state index contributed by atoms with van der Waals surface area (Å²) < 4.78 is 38.2. The van der Waals surface area contributed by atoms with Gasteiger partial charge in [-0.15, -0.1) is 0 Å². The maximum Gasteiger partial charge on any atom is 0.416 e. The number of alkyl halides is 3. The van der Waals surface area contributed by atoms with Gasteiger partial charge in [0.2, 0.25) is 0 Å². The summed E-state index contributed by atoms with van der Waals surface area (Å²) >= 11 is 0. The van der Waals surface area contributed by atoms with Gasteiger partial charge in [-0.05, 0) is 23.8 Å². The topological polar surface area (TPSA) is 56.0 Å². The predicted molar refractivity (Wildman–Crippen MR) is 78.3 cm³/mol. The van der Waals surface area contributed by atoms with E-state index in [1.807, 2.05) is 0 Å². The fourth-order valence-electron chi connectivity index (χ4n) is 1.99. The first-order valence-electron chi connectivity index (χ1n) is 6.67. The molecule has 0 unspecified atom stereocenters. The molecule has 0 atom stereocenters. The highest BCUT2D eigenvalue weighted by molar-refractivity contribution is 6.00. The van der Waals surface area contributed by atoms with Crippen LogP contribution in [0.5, 0.6) is 0 Å². The molecule has 2 rings (SSSR count). The fraction of sp³-hybridized carbons (Fsp3) is 0.250. The van der Waals surface area contributed by atoms with E-state index in [9.17, 15) is 18.0 Å². The Balaban J connectivity index is 2.43. The third-order valence-corrected chi connectivity index (χ3v) is 3.20. The zero-order chi connectivity index (χ0) is 16.5. The Hall–Kier alpha value is -2.37. The maximum atomic E-state index is 12.7. The molecule has 0 saturated heterocycles. The molecular formula is C16H15F3N2O. The highest BCUT2D eigenvalue weighted by Gasteiger charge is 2.30. The second kappa shape index (κ2) is 5.79. The molecule has 116 valence electrons. The van der Waals surface area contributed by atoms with E-state index in [2.05, 4.69) is 4.98 Å². The van der Waals surface area contributed by atoms with E-state index in [0.29, 0.717) is 11.1 Å². The predicted octanol–water partition coefficient (Wildman–Crippen LogP) is 4.19. The molecule has 0 aliphatic heterocycles. The fourth-order valence-corrected chi connectivity index (χ4v) is 1.99. The molecule has 2 aromatic rings. The monoisotopic (exact) mass is 308 g/mol. The smallest absolute Gasteiger partial charge is 0.397 e. The summed E-state index contributed by atoms with van der Waals surface area (Å²) in [4.78, 5) is 15.9. The molecule has 0 saturated carbocycles. The van der Waals surface area contributed by atoms with Crippen LogP contribution in [0.15, 0.2) is 36.5 Å². The molecule has 22 heavy (non-hydrogen) atoms. The Morgan fingerprint density at radius 1 is 1.18 bits per heavy atom. The number of hydrogen-bond acceptors (Lipinski definition) is 3. The van der Waals surface area contributed by atoms with Crippen molar-refractivity contribution in [3.8, 4) is 11.1 Å². The lowest BCUT2D eigenvalue weighted by molar-refractivity contribution is -0.137. The van der Waals surface area contributed by atoms with Gasteiger partial charge in [0, 0.05) is 17.7 Å². The third kappa shape index (κ3) is 3.27. The molecule has 1 aromatic carbocycles. The molecule has 6 heteroatoms. The summed E-state index contributed by atoms with van der Waals surface area (Å²) in [7, 11) is 0. The van der Waals surface area contributed by atoms with Gasteiger partial charge in [-0.1, -0.05) is 26.0 Å². The van der Waals surface area contributed by atoms with Crippen molar-refractivity contribution in [2.45, 2.75) is 20.0 Å². The van der Waals surface area contributed by atoms with E-state index in [-0.39, 0.29) is 23.1 Å². The number of carbonyl (C=O) groups excluding carboxylic acids is 1. The van der Waals surface area contributed by atoms with Gasteiger partial charge in [-0.2, -0.15) is 13.2 Å². The quantitative estimate of drug-likeness (QED) is 0.865. The summed E-state index contributed by atoms with van der Waals surface area (Å²) in [6.45, 7) is 3.45. The summed E-state index contributed by atoms with van der Waals surface area (Å²) in [6, 6.07) is 6.35.